The second-order valence-corrected chi connectivity index (χ2v) is 15.5. The number of fused-ring (bicyclic) bond motifs is 4. The van der Waals surface area contributed by atoms with Crippen molar-refractivity contribution in [2.75, 3.05) is 4.90 Å². The van der Waals surface area contributed by atoms with Crippen LogP contribution < -0.4 is 9.64 Å². The van der Waals surface area contributed by atoms with Crippen LogP contribution in [0.2, 0.25) is 0 Å². The molecular weight excluding hydrogens is 798 g/mol. The number of phenolic OH excluding ortho intramolecular Hbond substituents is 1. The topological polar surface area (TPSA) is 58.0 Å². The van der Waals surface area contributed by atoms with Gasteiger partial charge in [0.25, 0.3) is 0 Å². The van der Waals surface area contributed by atoms with Gasteiger partial charge in [-0.3, -0.25) is 0 Å². The Morgan fingerprint density at radius 3 is 2.24 bits per heavy atom. The fraction of sp³-hybridized carbons (Fsp3) is 0.364. The van der Waals surface area contributed by atoms with Gasteiger partial charge in [-0.15, -0.1) is 17.2 Å². The predicted octanol–water partition coefficient (Wildman–Crippen LogP) is 11.1. The second-order valence-electron chi connectivity index (χ2n) is 15.5. The number of para-hydroxylation sites is 1. The van der Waals surface area contributed by atoms with E-state index in [0.717, 1.165) is 33.3 Å². The molecule has 2 heterocycles. The summed E-state index contributed by atoms with van der Waals surface area (Å²) in [6.45, 7) is 19.5. The molecule has 2 atom stereocenters. The van der Waals surface area contributed by atoms with E-state index >= 15 is 0 Å². The number of benzene rings is 4. The molecular formula is C44H48N3O2Pt-. The molecule has 2 aliphatic rings. The minimum atomic E-state index is -1.66. The van der Waals surface area contributed by atoms with Crippen molar-refractivity contribution in [1.29, 1.82) is 0 Å². The summed E-state index contributed by atoms with van der Waals surface area (Å²) in [5.74, 6) is 2.26. The number of nitrogens with zero attached hydrogens (tertiary/aromatic N) is 3. The zero-order chi connectivity index (χ0) is 36.6. The quantitative estimate of drug-likeness (QED) is 0.166. The van der Waals surface area contributed by atoms with Crippen molar-refractivity contribution in [2.45, 2.75) is 104 Å². The number of hydrogen-bond acceptors (Lipinski definition) is 5. The third-order valence-corrected chi connectivity index (χ3v) is 9.83. The number of ether oxygens (including phenoxy) is 1. The van der Waals surface area contributed by atoms with Gasteiger partial charge in [0.2, 0.25) is 5.88 Å². The van der Waals surface area contributed by atoms with E-state index in [-0.39, 0.29) is 56.0 Å². The molecule has 0 unspecified atom stereocenters. The smallest absolute Gasteiger partial charge is 0.217 e. The first-order valence-corrected chi connectivity index (χ1v) is 17.5. The third-order valence-electron chi connectivity index (χ3n) is 9.83. The first-order valence-electron chi connectivity index (χ1n) is 18.5. The Morgan fingerprint density at radius 2 is 1.58 bits per heavy atom. The van der Waals surface area contributed by atoms with E-state index in [1.807, 2.05) is 36.4 Å². The van der Waals surface area contributed by atoms with Gasteiger partial charge >= 0.3 is 0 Å². The minimum absolute atomic E-state index is 0. The largest absolute Gasteiger partial charge is 0.506 e. The number of hydrogen-bond donors (Lipinski definition) is 1. The zero-order valence-corrected chi connectivity index (χ0v) is 32.7. The van der Waals surface area contributed by atoms with Gasteiger partial charge in [-0.25, -0.2) is 4.98 Å². The van der Waals surface area contributed by atoms with Crippen LogP contribution >= 0.6 is 0 Å². The summed E-state index contributed by atoms with van der Waals surface area (Å²) in [6, 6.07) is 28.7. The fourth-order valence-corrected chi connectivity index (χ4v) is 7.11. The summed E-state index contributed by atoms with van der Waals surface area (Å²) in [5.41, 5.74) is 8.33. The standard InChI is InChI=1S/C44H48N3O2.Pt/c1-25(2)30-19-31(22-33(21-30)49-39-18-17-29-20-32(44(7,8)9)24-38(48)40(29)46-39)43-45-37-23-28-13-10-11-14-36(28)42(37)47(43)41-34(26(3)4)15-12-16-35(41)27(5)6;/h10-21,24-27,37,42,48H,23H2,1-9H3;/q-1;/t37-,42-;/m0./s1/i23D2;. The molecule has 0 fully saturated rings. The number of phenols is 1. The van der Waals surface area contributed by atoms with Crippen LogP contribution in [-0.2, 0) is 32.9 Å². The van der Waals surface area contributed by atoms with E-state index in [4.69, 9.17) is 14.7 Å². The van der Waals surface area contributed by atoms with Gasteiger partial charge in [0.1, 0.15) is 11.3 Å². The van der Waals surface area contributed by atoms with Crippen LogP contribution in [0.15, 0.2) is 83.9 Å². The van der Waals surface area contributed by atoms with Crippen molar-refractivity contribution < 1.29 is 33.7 Å². The molecule has 6 heteroatoms. The normalized spacial score (nSPS) is 18.6. The Labute approximate surface area is 314 Å². The molecule has 5 aromatic rings. The van der Waals surface area contributed by atoms with E-state index in [1.165, 1.54) is 11.1 Å². The van der Waals surface area contributed by atoms with Crippen LogP contribution in [0.5, 0.6) is 17.4 Å². The number of rotatable bonds is 7. The molecule has 4 aromatic carbocycles. The number of pyridine rings is 1. The van der Waals surface area contributed by atoms with Gasteiger partial charge in [-0.05, 0) is 75.6 Å². The summed E-state index contributed by atoms with van der Waals surface area (Å²) < 4.78 is 25.2. The molecule has 5 nitrogen and oxygen atoms in total. The maximum absolute atomic E-state index is 11.0. The Bertz CT molecular complexity index is 2160. The van der Waals surface area contributed by atoms with Crippen LogP contribution in [0, 0.1) is 6.07 Å². The number of amidine groups is 1. The van der Waals surface area contributed by atoms with Gasteiger partial charge in [-0.1, -0.05) is 117 Å². The van der Waals surface area contributed by atoms with Crippen molar-refractivity contribution in [2.24, 2.45) is 4.99 Å². The van der Waals surface area contributed by atoms with Crippen LogP contribution in [-0.4, -0.2) is 22.0 Å². The van der Waals surface area contributed by atoms with Crippen LogP contribution in [0.4, 0.5) is 5.69 Å². The molecule has 1 aromatic heterocycles. The maximum atomic E-state index is 11.0. The molecule has 1 N–H and O–H groups in total. The molecule has 0 amide bonds. The molecule has 262 valence electrons. The van der Waals surface area contributed by atoms with E-state index in [1.54, 1.807) is 6.07 Å². The summed E-state index contributed by atoms with van der Waals surface area (Å²) in [6.07, 6.45) is -1.66. The Kier molecular flexibility index (Phi) is 9.06. The van der Waals surface area contributed by atoms with Gasteiger partial charge in [-0.2, -0.15) is 0 Å². The van der Waals surface area contributed by atoms with Gasteiger partial charge in [0.15, 0.2) is 0 Å². The van der Waals surface area contributed by atoms with Crippen molar-refractivity contribution in [3.63, 3.8) is 0 Å². The first-order chi connectivity index (χ1) is 24.1. The molecule has 0 saturated carbocycles. The van der Waals surface area contributed by atoms with E-state index < -0.39 is 12.4 Å². The Hall–Kier alpha value is -3.95. The van der Waals surface area contributed by atoms with Crippen LogP contribution in [0.25, 0.3) is 10.9 Å². The van der Waals surface area contributed by atoms with Crippen molar-refractivity contribution >= 4 is 22.4 Å². The van der Waals surface area contributed by atoms with Crippen molar-refractivity contribution in [3.05, 3.63) is 124 Å². The molecule has 0 bridgehead atoms. The van der Waals surface area contributed by atoms with Crippen molar-refractivity contribution in [1.82, 2.24) is 4.98 Å². The summed E-state index contributed by atoms with van der Waals surface area (Å²) in [5, 5.41) is 11.8. The Balaban J connectivity index is 0.00000464. The minimum Gasteiger partial charge on any atom is -0.506 e. The molecule has 50 heavy (non-hydrogen) atoms. The third kappa shape index (κ3) is 6.50. The number of aromatic nitrogens is 1. The molecule has 0 radical (unpaired) electrons. The van der Waals surface area contributed by atoms with Gasteiger partial charge < -0.3 is 19.7 Å². The average Bonchev–Trinajstić information content (AvgIpc) is 3.57. The second kappa shape index (κ2) is 13.6. The molecule has 0 saturated heterocycles. The number of aliphatic imine (C=N–C) groups is 1. The zero-order valence-electron chi connectivity index (χ0n) is 32.4. The SMILES string of the molecule is [2H]C1([2H])c2ccccc2[C@H]2[C@H]1N=C(c1[c-]c(Oc3ccc4cc(C(C)(C)C)cc(O)c4n3)cc(C(C)C)c1)N2c1c(C(C)C)cccc1C(C)C.[Pt]. The molecule has 7 rings (SSSR count). The fourth-order valence-electron chi connectivity index (χ4n) is 7.11. The van der Waals surface area contributed by atoms with E-state index in [0.29, 0.717) is 28.5 Å². The van der Waals surface area contributed by atoms with E-state index in [2.05, 4.69) is 110 Å². The Morgan fingerprint density at radius 1 is 0.880 bits per heavy atom. The van der Waals surface area contributed by atoms with Crippen LogP contribution in [0.3, 0.4) is 0 Å². The van der Waals surface area contributed by atoms with Crippen molar-refractivity contribution in [3.8, 4) is 17.4 Å². The van der Waals surface area contributed by atoms with E-state index in [9.17, 15) is 7.85 Å². The predicted molar refractivity (Wildman–Crippen MR) is 202 cm³/mol. The summed E-state index contributed by atoms with van der Waals surface area (Å²) in [4.78, 5) is 12.3. The first kappa shape index (κ1) is 33.2. The number of anilines is 1. The monoisotopic (exact) mass is 847 g/mol. The molecule has 0 spiro atoms. The van der Waals surface area contributed by atoms with Gasteiger partial charge in [0, 0.05) is 46.7 Å². The summed E-state index contributed by atoms with van der Waals surface area (Å²) >= 11 is 0. The molecule has 1 aliphatic carbocycles. The number of aromatic hydroxyl groups is 1. The average molecular weight is 848 g/mol. The van der Waals surface area contributed by atoms with Crippen LogP contribution in [0.1, 0.15) is 128 Å². The summed E-state index contributed by atoms with van der Waals surface area (Å²) in [7, 11) is 0. The molecule has 1 aliphatic heterocycles. The maximum Gasteiger partial charge on any atom is 0.217 e. The van der Waals surface area contributed by atoms with Gasteiger partial charge in [0.05, 0.1) is 17.9 Å².